The molecule has 1 atom stereocenters. The summed E-state index contributed by atoms with van der Waals surface area (Å²) in [4.78, 5) is 33.3. The molecule has 5 rings (SSSR count). The fourth-order valence-electron chi connectivity index (χ4n) is 4.34. The molecule has 0 saturated carbocycles. The average molecular weight is 501 g/mol. The van der Waals surface area contributed by atoms with E-state index in [2.05, 4.69) is 25.6 Å². The van der Waals surface area contributed by atoms with Gasteiger partial charge in [0.2, 0.25) is 11.9 Å². The number of benzene rings is 2. The SMILES string of the molecule is COc1ccc(-c2cnc3nc(N)nc(N4CCNCC4C(=O)NCc4ccccc4)c3n2)cc1OC. The van der Waals surface area contributed by atoms with Crippen molar-refractivity contribution in [3.63, 3.8) is 0 Å². The van der Waals surface area contributed by atoms with E-state index < -0.39 is 6.04 Å². The van der Waals surface area contributed by atoms with Gasteiger partial charge >= 0.3 is 0 Å². The second kappa shape index (κ2) is 10.6. The van der Waals surface area contributed by atoms with Gasteiger partial charge in [0.15, 0.2) is 28.5 Å². The highest BCUT2D eigenvalue weighted by Crippen LogP contribution is 2.33. The summed E-state index contributed by atoms with van der Waals surface area (Å²) < 4.78 is 10.8. The minimum atomic E-state index is -0.513. The first kappa shape index (κ1) is 24.2. The van der Waals surface area contributed by atoms with Gasteiger partial charge in [-0.05, 0) is 23.8 Å². The summed E-state index contributed by atoms with van der Waals surface area (Å²) >= 11 is 0. The van der Waals surface area contributed by atoms with Crippen LogP contribution in [0.1, 0.15) is 5.56 Å². The molecule has 4 aromatic rings. The summed E-state index contributed by atoms with van der Waals surface area (Å²) in [6.07, 6.45) is 1.63. The molecule has 0 spiro atoms. The van der Waals surface area contributed by atoms with Crippen LogP contribution in [-0.2, 0) is 11.3 Å². The zero-order valence-corrected chi connectivity index (χ0v) is 20.6. The van der Waals surface area contributed by atoms with E-state index in [1.807, 2.05) is 53.4 Å². The van der Waals surface area contributed by atoms with Crippen molar-refractivity contribution in [3.05, 3.63) is 60.3 Å². The van der Waals surface area contributed by atoms with Gasteiger partial charge in [0.25, 0.3) is 0 Å². The first-order valence-electron chi connectivity index (χ1n) is 11.9. The van der Waals surface area contributed by atoms with Crippen LogP contribution in [0.3, 0.4) is 0 Å². The van der Waals surface area contributed by atoms with Crippen LogP contribution in [0, 0.1) is 0 Å². The molecule has 1 aliphatic heterocycles. The van der Waals surface area contributed by atoms with Crippen LogP contribution in [0.15, 0.2) is 54.7 Å². The monoisotopic (exact) mass is 500 g/mol. The zero-order chi connectivity index (χ0) is 25.8. The lowest BCUT2D eigenvalue weighted by Crippen LogP contribution is -2.58. The molecule has 2 aromatic heterocycles. The molecule has 0 bridgehead atoms. The summed E-state index contributed by atoms with van der Waals surface area (Å²) in [6, 6.07) is 14.8. The van der Waals surface area contributed by atoms with Gasteiger partial charge in [0.1, 0.15) is 6.04 Å². The maximum absolute atomic E-state index is 13.3. The number of nitrogens with one attached hydrogen (secondary N) is 2. The Kier molecular flexibility index (Phi) is 6.95. The second-order valence-electron chi connectivity index (χ2n) is 8.52. The molecule has 190 valence electrons. The van der Waals surface area contributed by atoms with Crippen molar-refractivity contribution in [3.8, 4) is 22.8 Å². The number of nitrogens with zero attached hydrogens (tertiary/aromatic N) is 5. The number of rotatable bonds is 7. The Bertz CT molecular complexity index is 1420. The maximum atomic E-state index is 13.3. The number of fused-ring (bicyclic) bond motifs is 1. The minimum absolute atomic E-state index is 0.0673. The molecule has 0 aliphatic carbocycles. The van der Waals surface area contributed by atoms with Crippen molar-refractivity contribution < 1.29 is 14.3 Å². The molecular formula is C26H28N8O3. The number of anilines is 2. The number of ether oxygens (including phenoxy) is 2. The van der Waals surface area contributed by atoms with E-state index in [4.69, 9.17) is 20.2 Å². The number of nitrogen functional groups attached to an aromatic ring is 1. The summed E-state index contributed by atoms with van der Waals surface area (Å²) in [5.74, 6) is 1.61. The van der Waals surface area contributed by atoms with Crippen LogP contribution in [-0.4, -0.2) is 65.7 Å². The summed E-state index contributed by atoms with van der Waals surface area (Å²) in [6.45, 7) is 2.10. The molecule has 4 N–H and O–H groups in total. The van der Waals surface area contributed by atoms with E-state index in [1.165, 1.54) is 0 Å². The van der Waals surface area contributed by atoms with Crippen molar-refractivity contribution in [1.29, 1.82) is 0 Å². The fourth-order valence-corrected chi connectivity index (χ4v) is 4.34. The highest BCUT2D eigenvalue weighted by Gasteiger charge is 2.31. The van der Waals surface area contributed by atoms with Gasteiger partial charge in [0.05, 0.1) is 26.1 Å². The molecule has 0 radical (unpaired) electrons. The number of hydrogen-bond donors (Lipinski definition) is 3. The lowest BCUT2D eigenvalue weighted by atomic mass is 10.1. The highest BCUT2D eigenvalue weighted by atomic mass is 16.5. The predicted molar refractivity (Wildman–Crippen MR) is 140 cm³/mol. The lowest BCUT2D eigenvalue weighted by Gasteiger charge is -2.36. The van der Waals surface area contributed by atoms with E-state index in [1.54, 1.807) is 20.4 Å². The second-order valence-corrected chi connectivity index (χ2v) is 8.52. The third-order valence-electron chi connectivity index (χ3n) is 6.21. The van der Waals surface area contributed by atoms with Crippen LogP contribution in [0.2, 0.25) is 0 Å². The molecule has 11 nitrogen and oxygen atoms in total. The van der Waals surface area contributed by atoms with E-state index in [-0.39, 0.29) is 11.9 Å². The summed E-state index contributed by atoms with van der Waals surface area (Å²) in [5.41, 5.74) is 9.27. The van der Waals surface area contributed by atoms with Crippen molar-refractivity contribution in [1.82, 2.24) is 30.6 Å². The molecule has 1 amide bonds. The Morgan fingerprint density at radius 1 is 1.11 bits per heavy atom. The van der Waals surface area contributed by atoms with E-state index >= 15 is 0 Å². The predicted octanol–water partition coefficient (Wildman–Crippen LogP) is 1.78. The first-order valence-corrected chi connectivity index (χ1v) is 11.9. The highest BCUT2D eigenvalue weighted by molar-refractivity contribution is 5.91. The molecule has 1 saturated heterocycles. The van der Waals surface area contributed by atoms with Crippen molar-refractivity contribution in [2.75, 3.05) is 44.5 Å². The quantitative estimate of drug-likeness (QED) is 0.344. The average Bonchev–Trinajstić information content (AvgIpc) is 2.95. The molecule has 37 heavy (non-hydrogen) atoms. The maximum Gasteiger partial charge on any atom is 0.244 e. The molecular weight excluding hydrogens is 472 g/mol. The van der Waals surface area contributed by atoms with Gasteiger partial charge in [-0.25, -0.2) is 9.97 Å². The standard InChI is InChI=1S/C26H28N8O3/c1-36-20-9-8-17(12-21(20)37-2)18-14-29-23-22(31-18)24(33-26(27)32-23)34-11-10-28-15-19(34)25(35)30-13-16-6-4-3-5-7-16/h3-9,12,14,19,28H,10-11,13,15H2,1-2H3,(H,30,35)(H2,27,29,32,33). The molecule has 1 aliphatic rings. The van der Waals surface area contributed by atoms with Crippen molar-refractivity contribution in [2.45, 2.75) is 12.6 Å². The van der Waals surface area contributed by atoms with Crippen LogP contribution in [0.5, 0.6) is 11.5 Å². The van der Waals surface area contributed by atoms with E-state index in [9.17, 15) is 4.79 Å². The lowest BCUT2D eigenvalue weighted by molar-refractivity contribution is -0.122. The Morgan fingerprint density at radius 3 is 2.70 bits per heavy atom. The summed E-state index contributed by atoms with van der Waals surface area (Å²) in [5, 5.41) is 6.33. The van der Waals surface area contributed by atoms with Crippen LogP contribution >= 0.6 is 0 Å². The van der Waals surface area contributed by atoms with E-state index in [0.717, 1.165) is 11.1 Å². The number of carbonyl (C=O) groups excluding carboxylic acids is 1. The Morgan fingerprint density at radius 2 is 1.92 bits per heavy atom. The first-order chi connectivity index (χ1) is 18.1. The number of nitrogens with two attached hydrogens (primary N) is 1. The van der Waals surface area contributed by atoms with Gasteiger partial charge in [-0.2, -0.15) is 9.97 Å². The number of piperazine rings is 1. The van der Waals surface area contributed by atoms with Gasteiger partial charge in [-0.3, -0.25) is 4.79 Å². The van der Waals surface area contributed by atoms with Crippen LogP contribution < -0.4 is 30.7 Å². The molecule has 11 heteroatoms. The third-order valence-corrected chi connectivity index (χ3v) is 6.21. The van der Waals surface area contributed by atoms with Crippen molar-refractivity contribution in [2.24, 2.45) is 0 Å². The number of methoxy groups -OCH3 is 2. The molecule has 3 heterocycles. The van der Waals surface area contributed by atoms with Gasteiger partial charge in [-0.1, -0.05) is 30.3 Å². The van der Waals surface area contributed by atoms with Gasteiger partial charge in [-0.15, -0.1) is 0 Å². The smallest absolute Gasteiger partial charge is 0.244 e. The summed E-state index contributed by atoms with van der Waals surface area (Å²) in [7, 11) is 3.16. The van der Waals surface area contributed by atoms with Crippen LogP contribution in [0.4, 0.5) is 11.8 Å². The molecule has 1 fully saturated rings. The van der Waals surface area contributed by atoms with Crippen LogP contribution in [0.25, 0.3) is 22.4 Å². The minimum Gasteiger partial charge on any atom is -0.493 e. The number of amides is 1. The topological polar surface area (TPSA) is 140 Å². The Balaban J connectivity index is 1.50. The largest absolute Gasteiger partial charge is 0.493 e. The zero-order valence-electron chi connectivity index (χ0n) is 20.6. The Labute approximate surface area is 214 Å². The normalized spacial score (nSPS) is 15.4. The third kappa shape index (κ3) is 5.07. The Hall–Kier alpha value is -4.51. The number of aromatic nitrogens is 4. The fraction of sp³-hybridized carbons (Fsp3) is 0.269. The van der Waals surface area contributed by atoms with E-state index in [0.29, 0.717) is 60.4 Å². The van der Waals surface area contributed by atoms with Gasteiger partial charge < -0.3 is 30.7 Å². The molecule has 1 unspecified atom stereocenters. The number of hydrogen-bond acceptors (Lipinski definition) is 10. The van der Waals surface area contributed by atoms with Crippen molar-refractivity contribution >= 4 is 28.8 Å². The van der Waals surface area contributed by atoms with Gasteiger partial charge in [0, 0.05) is 31.7 Å². The number of carbonyl (C=O) groups is 1. The molecule has 2 aromatic carbocycles.